The number of rotatable bonds is 3. The van der Waals surface area contributed by atoms with Crippen molar-refractivity contribution < 1.29 is 4.74 Å². The highest BCUT2D eigenvalue weighted by molar-refractivity contribution is 5.81. The lowest BCUT2D eigenvalue weighted by molar-refractivity contribution is 0.459. The Morgan fingerprint density at radius 3 is 2.84 bits per heavy atom. The van der Waals surface area contributed by atoms with E-state index in [0.29, 0.717) is 34.9 Å². The highest BCUT2D eigenvalue weighted by Gasteiger charge is 2.22. The van der Waals surface area contributed by atoms with Crippen molar-refractivity contribution in [2.75, 3.05) is 10.6 Å². The van der Waals surface area contributed by atoms with Crippen molar-refractivity contribution in [1.82, 2.24) is 9.97 Å². The zero-order chi connectivity index (χ0) is 17.1. The van der Waals surface area contributed by atoms with Gasteiger partial charge in [0.2, 0.25) is 11.8 Å². The van der Waals surface area contributed by atoms with Gasteiger partial charge in [-0.1, -0.05) is 31.4 Å². The van der Waals surface area contributed by atoms with Crippen LogP contribution in [0.3, 0.4) is 0 Å². The number of aromatic nitrogens is 2. The lowest BCUT2D eigenvalue weighted by atomic mass is 9.96. The van der Waals surface area contributed by atoms with Gasteiger partial charge < -0.3 is 15.4 Å². The molecule has 6 heteroatoms. The Morgan fingerprint density at radius 2 is 2.04 bits per heavy atom. The predicted molar refractivity (Wildman–Crippen MR) is 95.8 cm³/mol. The summed E-state index contributed by atoms with van der Waals surface area (Å²) in [6, 6.07) is 11.9. The highest BCUT2D eigenvalue weighted by atomic mass is 16.5. The van der Waals surface area contributed by atoms with E-state index in [4.69, 9.17) is 4.74 Å². The predicted octanol–water partition coefficient (Wildman–Crippen LogP) is 3.92. The summed E-state index contributed by atoms with van der Waals surface area (Å²) in [5.41, 5.74) is 1.76. The van der Waals surface area contributed by atoms with E-state index < -0.39 is 0 Å². The van der Waals surface area contributed by atoms with Gasteiger partial charge in [0.15, 0.2) is 5.75 Å². The van der Waals surface area contributed by atoms with Crippen LogP contribution in [-0.4, -0.2) is 16.0 Å². The molecule has 2 aliphatic rings. The summed E-state index contributed by atoms with van der Waals surface area (Å²) in [6.45, 7) is 0. The molecule has 25 heavy (non-hydrogen) atoms. The van der Waals surface area contributed by atoms with Crippen LogP contribution in [0.15, 0.2) is 42.4 Å². The molecule has 1 aliphatic carbocycles. The first-order chi connectivity index (χ1) is 12.3. The van der Waals surface area contributed by atoms with E-state index in [0.717, 1.165) is 18.5 Å². The topological polar surface area (TPSA) is 82.9 Å². The van der Waals surface area contributed by atoms with Crippen LogP contribution in [0.4, 0.5) is 11.6 Å². The fourth-order valence-electron chi connectivity index (χ4n) is 3.25. The first-order valence-corrected chi connectivity index (χ1v) is 8.62. The molecule has 0 amide bonds. The standard InChI is InChI=1S/C19H19N5O/c20-12-14(18-23-16-8-4-5-9-17(16)25-18)15-10-11-21-19(24-15)22-13-6-2-1-3-7-13/h4-5,8-11,13,23H,1-3,6-7H2,(H,21,22,24)/b18-14-. The molecule has 1 aromatic carbocycles. The zero-order valence-corrected chi connectivity index (χ0v) is 13.8. The number of para-hydroxylation sites is 2. The molecular formula is C19H19N5O. The lowest BCUT2D eigenvalue weighted by Crippen LogP contribution is -2.23. The van der Waals surface area contributed by atoms with Gasteiger partial charge in [0, 0.05) is 12.2 Å². The fraction of sp³-hybridized carbons (Fsp3) is 0.316. The molecule has 0 atom stereocenters. The van der Waals surface area contributed by atoms with Gasteiger partial charge in [-0.25, -0.2) is 9.97 Å². The van der Waals surface area contributed by atoms with E-state index in [1.807, 2.05) is 24.3 Å². The summed E-state index contributed by atoms with van der Waals surface area (Å²) < 4.78 is 5.77. The number of hydrogen-bond donors (Lipinski definition) is 2. The minimum atomic E-state index is 0.366. The van der Waals surface area contributed by atoms with Gasteiger partial charge >= 0.3 is 0 Å². The first-order valence-electron chi connectivity index (χ1n) is 8.62. The Bertz CT molecular complexity index is 822. The molecule has 1 aromatic heterocycles. The normalized spacial score (nSPS) is 18.5. The van der Waals surface area contributed by atoms with E-state index in [9.17, 15) is 5.26 Å². The zero-order valence-electron chi connectivity index (χ0n) is 13.8. The number of ether oxygens (including phenoxy) is 1. The molecule has 0 saturated heterocycles. The van der Waals surface area contributed by atoms with E-state index in [1.54, 1.807) is 12.3 Å². The Hall–Kier alpha value is -3.07. The second kappa shape index (κ2) is 6.81. The number of fused-ring (bicyclic) bond motifs is 1. The van der Waals surface area contributed by atoms with Gasteiger partial charge in [-0.3, -0.25) is 0 Å². The summed E-state index contributed by atoms with van der Waals surface area (Å²) in [7, 11) is 0. The fourth-order valence-corrected chi connectivity index (χ4v) is 3.25. The smallest absolute Gasteiger partial charge is 0.223 e. The number of benzene rings is 1. The van der Waals surface area contributed by atoms with Crippen LogP contribution in [0, 0.1) is 11.3 Å². The third kappa shape index (κ3) is 3.26. The van der Waals surface area contributed by atoms with Gasteiger partial charge in [-0.2, -0.15) is 5.26 Å². The minimum absolute atomic E-state index is 0.366. The molecule has 1 fully saturated rings. The molecule has 1 saturated carbocycles. The van der Waals surface area contributed by atoms with Crippen LogP contribution in [0.25, 0.3) is 5.57 Å². The van der Waals surface area contributed by atoms with Crippen molar-refractivity contribution in [3.63, 3.8) is 0 Å². The van der Waals surface area contributed by atoms with Gasteiger partial charge in [-0.05, 0) is 31.0 Å². The number of nitrogens with zero attached hydrogens (tertiary/aromatic N) is 3. The molecule has 0 bridgehead atoms. The number of nitrogens with one attached hydrogen (secondary N) is 2. The highest BCUT2D eigenvalue weighted by Crippen LogP contribution is 2.35. The van der Waals surface area contributed by atoms with E-state index >= 15 is 0 Å². The van der Waals surface area contributed by atoms with Crippen molar-refractivity contribution in [2.45, 2.75) is 38.1 Å². The summed E-state index contributed by atoms with van der Waals surface area (Å²) in [5, 5.41) is 16.2. The summed E-state index contributed by atoms with van der Waals surface area (Å²) >= 11 is 0. The maximum atomic E-state index is 9.62. The van der Waals surface area contributed by atoms with E-state index in [-0.39, 0.29) is 0 Å². The third-order valence-electron chi connectivity index (χ3n) is 4.54. The van der Waals surface area contributed by atoms with Crippen LogP contribution >= 0.6 is 0 Å². The van der Waals surface area contributed by atoms with E-state index in [2.05, 4.69) is 26.7 Å². The molecule has 0 spiro atoms. The lowest BCUT2D eigenvalue weighted by Gasteiger charge is -2.22. The number of anilines is 2. The van der Waals surface area contributed by atoms with Crippen LogP contribution in [-0.2, 0) is 0 Å². The van der Waals surface area contributed by atoms with Gasteiger partial charge in [0.1, 0.15) is 11.6 Å². The molecule has 4 rings (SSSR count). The average Bonchev–Trinajstić information content (AvgIpc) is 3.07. The molecule has 0 radical (unpaired) electrons. The number of hydrogen-bond acceptors (Lipinski definition) is 6. The maximum Gasteiger partial charge on any atom is 0.223 e. The molecular weight excluding hydrogens is 314 g/mol. The average molecular weight is 333 g/mol. The molecule has 6 nitrogen and oxygen atoms in total. The maximum absolute atomic E-state index is 9.62. The van der Waals surface area contributed by atoms with Gasteiger partial charge in [0.25, 0.3) is 0 Å². The van der Waals surface area contributed by atoms with Crippen molar-refractivity contribution in [1.29, 1.82) is 5.26 Å². The number of allylic oxidation sites excluding steroid dienone is 1. The molecule has 1 aliphatic heterocycles. The summed E-state index contributed by atoms with van der Waals surface area (Å²) in [6.07, 6.45) is 7.72. The Morgan fingerprint density at radius 1 is 1.20 bits per heavy atom. The Labute approximate surface area is 146 Å². The second-order valence-electron chi connectivity index (χ2n) is 6.28. The summed E-state index contributed by atoms with van der Waals surface area (Å²) in [4.78, 5) is 8.82. The first kappa shape index (κ1) is 15.5. The molecule has 2 N–H and O–H groups in total. The SMILES string of the molecule is N#C/C(=C1\Nc2ccccc2O1)c1ccnc(NC2CCCCC2)n1. The molecule has 126 valence electrons. The van der Waals surface area contributed by atoms with Crippen molar-refractivity contribution in [2.24, 2.45) is 0 Å². The van der Waals surface area contributed by atoms with Gasteiger partial charge in [-0.15, -0.1) is 0 Å². The third-order valence-corrected chi connectivity index (χ3v) is 4.54. The van der Waals surface area contributed by atoms with Crippen LogP contribution in [0.2, 0.25) is 0 Å². The molecule has 0 unspecified atom stereocenters. The monoisotopic (exact) mass is 333 g/mol. The van der Waals surface area contributed by atoms with Crippen molar-refractivity contribution in [3.8, 4) is 11.8 Å². The molecule has 2 heterocycles. The van der Waals surface area contributed by atoms with Crippen molar-refractivity contribution >= 4 is 17.2 Å². The van der Waals surface area contributed by atoms with Crippen molar-refractivity contribution in [3.05, 3.63) is 48.1 Å². The van der Waals surface area contributed by atoms with Crippen LogP contribution in [0.5, 0.6) is 5.75 Å². The second-order valence-corrected chi connectivity index (χ2v) is 6.28. The number of nitriles is 1. The molecule has 2 aromatic rings. The Kier molecular flexibility index (Phi) is 4.21. The largest absolute Gasteiger partial charge is 0.437 e. The van der Waals surface area contributed by atoms with E-state index in [1.165, 1.54) is 19.3 Å². The summed E-state index contributed by atoms with van der Waals surface area (Å²) in [5.74, 6) is 1.68. The quantitative estimate of drug-likeness (QED) is 0.829. The van der Waals surface area contributed by atoms with Crippen LogP contribution < -0.4 is 15.4 Å². The van der Waals surface area contributed by atoms with Gasteiger partial charge in [0.05, 0.1) is 11.4 Å². The minimum Gasteiger partial charge on any atom is -0.437 e. The Balaban J connectivity index is 1.59. The van der Waals surface area contributed by atoms with Crippen LogP contribution in [0.1, 0.15) is 37.8 Å².